The highest BCUT2D eigenvalue weighted by Crippen LogP contribution is 2.31. The molecular formula is C11H11F2N3O2S. The van der Waals surface area contributed by atoms with Crippen LogP contribution in [0, 0.1) is 11.6 Å². The van der Waals surface area contributed by atoms with E-state index in [1.165, 1.54) is 6.07 Å². The highest BCUT2D eigenvalue weighted by Gasteiger charge is 2.19. The summed E-state index contributed by atoms with van der Waals surface area (Å²) in [6.45, 7) is 0. The molecule has 8 heteroatoms. The Labute approximate surface area is 108 Å². The number of benzene rings is 1. The third kappa shape index (κ3) is 2.90. The number of nitrogens with zero attached hydrogens (tertiary/aromatic N) is 1. The number of H-pyrrole nitrogens is 1. The molecule has 0 amide bonds. The van der Waals surface area contributed by atoms with Gasteiger partial charge in [0.2, 0.25) is 0 Å². The van der Waals surface area contributed by atoms with Gasteiger partial charge in [-0.05, 0) is 12.1 Å². The second-order valence-electron chi connectivity index (χ2n) is 4.16. The van der Waals surface area contributed by atoms with E-state index in [4.69, 9.17) is 5.73 Å². The van der Waals surface area contributed by atoms with Gasteiger partial charge in [-0.3, -0.25) is 5.10 Å². The maximum atomic E-state index is 13.7. The highest BCUT2D eigenvalue weighted by molar-refractivity contribution is 7.89. The number of halogens is 2. The first-order valence-electron chi connectivity index (χ1n) is 5.24. The SMILES string of the molecule is CS(=O)(=O)Cc1[nH]nc(N)c1-c1ccc(F)cc1F. The van der Waals surface area contributed by atoms with Crippen LogP contribution in [0.4, 0.5) is 14.6 Å². The number of nitrogen functional groups attached to an aromatic ring is 1. The molecule has 0 spiro atoms. The molecular weight excluding hydrogens is 276 g/mol. The van der Waals surface area contributed by atoms with Crippen LogP contribution in [-0.2, 0) is 15.6 Å². The third-order valence-corrected chi connectivity index (χ3v) is 3.29. The monoisotopic (exact) mass is 287 g/mol. The van der Waals surface area contributed by atoms with Gasteiger partial charge in [-0.2, -0.15) is 5.10 Å². The molecule has 0 saturated heterocycles. The lowest BCUT2D eigenvalue weighted by molar-refractivity contribution is 0.585. The van der Waals surface area contributed by atoms with Gasteiger partial charge in [0.1, 0.15) is 11.6 Å². The largest absolute Gasteiger partial charge is 0.382 e. The van der Waals surface area contributed by atoms with Crippen LogP contribution < -0.4 is 5.73 Å². The van der Waals surface area contributed by atoms with Crippen LogP contribution in [0.5, 0.6) is 0 Å². The molecule has 5 nitrogen and oxygen atoms in total. The summed E-state index contributed by atoms with van der Waals surface area (Å²) < 4.78 is 49.2. The summed E-state index contributed by atoms with van der Waals surface area (Å²) in [6, 6.07) is 2.96. The second kappa shape index (κ2) is 4.61. The summed E-state index contributed by atoms with van der Waals surface area (Å²) in [5.41, 5.74) is 5.92. The fraction of sp³-hybridized carbons (Fsp3) is 0.182. The molecule has 0 fully saturated rings. The van der Waals surface area contributed by atoms with E-state index in [2.05, 4.69) is 10.2 Å². The number of hydrogen-bond donors (Lipinski definition) is 2. The Hall–Kier alpha value is -1.96. The quantitative estimate of drug-likeness (QED) is 0.895. The summed E-state index contributed by atoms with van der Waals surface area (Å²) >= 11 is 0. The van der Waals surface area contributed by atoms with Crippen molar-refractivity contribution in [3.05, 3.63) is 35.5 Å². The molecule has 0 saturated carbocycles. The average molecular weight is 287 g/mol. The minimum atomic E-state index is -3.34. The van der Waals surface area contributed by atoms with Gasteiger partial charge >= 0.3 is 0 Å². The van der Waals surface area contributed by atoms with Gasteiger partial charge < -0.3 is 5.73 Å². The normalized spacial score (nSPS) is 11.7. The number of anilines is 1. The number of aromatic nitrogens is 2. The number of rotatable bonds is 3. The van der Waals surface area contributed by atoms with E-state index < -0.39 is 21.5 Å². The number of nitrogens with two attached hydrogens (primary N) is 1. The molecule has 0 aliphatic carbocycles. The minimum absolute atomic E-state index is 0.00583. The van der Waals surface area contributed by atoms with E-state index in [0.717, 1.165) is 12.3 Å². The van der Waals surface area contributed by atoms with Crippen LogP contribution in [-0.4, -0.2) is 24.9 Å². The third-order valence-electron chi connectivity index (χ3n) is 2.48. The number of sulfone groups is 1. The molecule has 19 heavy (non-hydrogen) atoms. The van der Waals surface area contributed by atoms with Crippen molar-refractivity contribution in [3.63, 3.8) is 0 Å². The molecule has 0 bridgehead atoms. The lowest BCUT2D eigenvalue weighted by Crippen LogP contribution is -2.03. The van der Waals surface area contributed by atoms with Crippen LogP contribution in [0.15, 0.2) is 18.2 Å². The lowest BCUT2D eigenvalue weighted by atomic mass is 10.1. The first kappa shape index (κ1) is 13.5. The Morgan fingerprint density at radius 3 is 2.63 bits per heavy atom. The van der Waals surface area contributed by atoms with E-state index in [0.29, 0.717) is 6.07 Å². The Morgan fingerprint density at radius 1 is 1.37 bits per heavy atom. The molecule has 2 rings (SSSR count). The first-order chi connectivity index (χ1) is 8.78. The van der Waals surface area contributed by atoms with Crippen molar-refractivity contribution >= 4 is 15.7 Å². The zero-order valence-corrected chi connectivity index (χ0v) is 10.8. The van der Waals surface area contributed by atoms with Gasteiger partial charge in [-0.15, -0.1) is 0 Å². The second-order valence-corrected chi connectivity index (χ2v) is 6.30. The molecule has 3 N–H and O–H groups in total. The van der Waals surface area contributed by atoms with E-state index in [1.54, 1.807) is 0 Å². The summed E-state index contributed by atoms with van der Waals surface area (Å²) in [7, 11) is -3.34. The zero-order chi connectivity index (χ0) is 14.2. The summed E-state index contributed by atoms with van der Waals surface area (Å²) in [4.78, 5) is 0. The predicted molar refractivity (Wildman–Crippen MR) is 66.9 cm³/mol. The lowest BCUT2D eigenvalue weighted by Gasteiger charge is -2.05. The Kier molecular flexibility index (Phi) is 3.27. The van der Waals surface area contributed by atoms with Gasteiger partial charge in [0.25, 0.3) is 0 Å². The van der Waals surface area contributed by atoms with Crippen LogP contribution in [0.3, 0.4) is 0 Å². The molecule has 0 radical (unpaired) electrons. The molecule has 2 aromatic rings. The summed E-state index contributed by atoms with van der Waals surface area (Å²) in [6.07, 6.45) is 1.04. The van der Waals surface area contributed by atoms with Gasteiger partial charge in [0, 0.05) is 17.9 Å². The van der Waals surface area contributed by atoms with Gasteiger partial charge in [-0.1, -0.05) is 0 Å². The van der Waals surface area contributed by atoms with Crippen molar-refractivity contribution in [2.45, 2.75) is 5.75 Å². The molecule has 102 valence electrons. The van der Waals surface area contributed by atoms with Crippen LogP contribution >= 0.6 is 0 Å². The molecule has 0 atom stereocenters. The Morgan fingerprint density at radius 2 is 2.05 bits per heavy atom. The maximum absolute atomic E-state index is 13.7. The van der Waals surface area contributed by atoms with E-state index in [-0.39, 0.29) is 28.4 Å². The topological polar surface area (TPSA) is 88.8 Å². The van der Waals surface area contributed by atoms with Crippen molar-refractivity contribution in [3.8, 4) is 11.1 Å². The average Bonchev–Trinajstić information content (AvgIpc) is 2.58. The molecule has 1 aromatic carbocycles. The van der Waals surface area contributed by atoms with Crippen LogP contribution in [0.1, 0.15) is 5.69 Å². The molecule has 0 aliphatic rings. The van der Waals surface area contributed by atoms with Crippen molar-refractivity contribution in [2.75, 3.05) is 12.0 Å². The maximum Gasteiger partial charge on any atom is 0.153 e. The van der Waals surface area contributed by atoms with Gasteiger partial charge in [-0.25, -0.2) is 17.2 Å². The van der Waals surface area contributed by atoms with Crippen molar-refractivity contribution in [1.82, 2.24) is 10.2 Å². The van der Waals surface area contributed by atoms with Crippen molar-refractivity contribution in [1.29, 1.82) is 0 Å². The molecule has 0 aliphatic heterocycles. The summed E-state index contributed by atoms with van der Waals surface area (Å²) in [5.74, 6) is -1.96. The van der Waals surface area contributed by atoms with Crippen molar-refractivity contribution in [2.24, 2.45) is 0 Å². The number of aromatic amines is 1. The standard InChI is InChI=1S/C11H11F2N3O2S/c1-19(17,18)5-9-10(11(14)16-15-9)7-3-2-6(12)4-8(7)13/h2-4H,5H2,1H3,(H3,14,15,16). The molecule has 1 heterocycles. The Bertz CT molecular complexity index is 726. The minimum Gasteiger partial charge on any atom is -0.382 e. The van der Waals surface area contributed by atoms with E-state index >= 15 is 0 Å². The zero-order valence-electron chi connectivity index (χ0n) is 9.94. The fourth-order valence-corrected chi connectivity index (χ4v) is 2.49. The van der Waals surface area contributed by atoms with Crippen LogP contribution in [0.2, 0.25) is 0 Å². The number of hydrogen-bond acceptors (Lipinski definition) is 4. The molecule has 1 aromatic heterocycles. The summed E-state index contributed by atoms with van der Waals surface area (Å²) in [5, 5.41) is 6.12. The van der Waals surface area contributed by atoms with Crippen molar-refractivity contribution < 1.29 is 17.2 Å². The fourth-order valence-electron chi connectivity index (χ4n) is 1.75. The highest BCUT2D eigenvalue weighted by atomic mass is 32.2. The smallest absolute Gasteiger partial charge is 0.153 e. The Balaban J connectivity index is 2.58. The van der Waals surface area contributed by atoms with Crippen LogP contribution in [0.25, 0.3) is 11.1 Å². The predicted octanol–water partition coefficient (Wildman–Crippen LogP) is 1.48. The molecule has 0 unspecified atom stereocenters. The van der Waals surface area contributed by atoms with Gasteiger partial charge in [0.15, 0.2) is 15.7 Å². The van der Waals surface area contributed by atoms with Gasteiger partial charge in [0.05, 0.1) is 17.0 Å². The number of nitrogens with one attached hydrogen (secondary N) is 1. The first-order valence-corrected chi connectivity index (χ1v) is 7.30. The van der Waals surface area contributed by atoms with E-state index in [1.807, 2.05) is 0 Å². The van der Waals surface area contributed by atoms with E-state index in [9.17, 15) is 17.2 Å².